The standard InChI is InChI=1S/C46H28N2O2/c1-2-12-29(13-3-1)30-24-26-31(27-25-30)32-14-4-5-15-33(32)39-28-40(36-19-10-18-35-34-16-6-8-21-41(34)50-45(35)36)48-46(47-39)38-20-11-23-43-44(38)37-17-7-9-22-42(37)49-43/h1-28H. The molecule has 4 heteroatoms. The number of rotatable bonds is 5. The Morgan fingerprint density at radius 2 is 0.880 bits per heavy atom. The average molecular weight is 641 g/mol. The van der Waals surface area contributed by atoms with E-state index in [1.54, 1.807) is 0 Å². The van der Waals surface area contributed by atoms with Gasteiger partial charge in [0.25, 0.3) is 0 Å². The molecule has 0 atom stereocenters. The molecule has 0 spiro atoms. The minimum atomic E-state index is 0.622. The number of hydrogen-bond acceptors (Lipinski definition) is 4. The first kappa shape index (κ1) is 28.3. The molecule has 0 radical (unpaired) electrons. The molecule has 0 aliphatic carbocycles. The number of benzene rings is 7. The summed E-state index contributed by atoms with van der Waals surface area (Å²) in [6.07, 6.45) is 0. The van der Waals surface area contributed by atoms with Crippen LogP contribution in [0.2, 0.25) is 0 Å². The summed E-state index contributed by atoms with van der Waals surface area (Å²) >= 11 is 0. The Morgan fingerprint density at radius 3 is 1.70 bits per heavy atom. The number of furan rings is 2. The second kappa shape index (κ2) is 11.4. The monoisotopic (exact) mass is 640 g/mol. The largest absolute Gasteiger partial charge is 0.456 e. The molecule has 0 saturated carbocycles. The summed E-state index contributed by atoms with van der Waals surface area (Å²) in [6.45, 7) is 0. The molecule has 3 heterocycles. The molecule has 0 bridgehead atoms. The fourth-order valence-corrected chi connectivity index (χ4v) is 7.18. The van der Waals surface area contributed by atoms with Crippen molar-refractivity contribution in [2.45, 2.75) is 0 Å². The molecule has 0 fully saturated rings. The van der Waals surface area contributed by atoms with Gasteiger partial charge in [0.15, 0.2) is 5.82 Å². The van der Waals surface area contributed by atoms with Crippen LogP contribution in [0.1, 0.15) is 0 Å². The third-order valence-corrected chi connectivity index (χ3v) is 9.56. The highest BCUT2D eigenvalue weighted by Gasteiger charge is 2.20. The summed E-state index contributed by atoms with van der Waals surface area (Å²) in [4.78, 5) is 10.6. The average Bonchev–Trinajstić information content (AvgIpc) is 3.77. The smallest absolute Gasteiger partial charge is 0.161 e. The Hall–Kier alpha value is -6.78. The van der Waals surface area contributed by atoms with Gasteiger partial charge in [0.2, 0.25) is 0 Å². The quantitative estimate of drug-likeness (QED) is 0.188. The fraction of sp³-hybridized carbons (Fsp3) is 0. The van der Waals surface area contributed by atoms with Crippen molar-refractivity contribution in [3.05, 3.63) is 170 Å². The maximum atomic E-state index is 6.51. The van der Waals surface area contributed by atoms with Crippen LogP contribution in [0.5, 0.6) is 0 Å². The van der Waals surface area contributed by atoms with Crippen molar-refractivity contribution in [2.24, 2.45) is 0 Å². The van der Waals surface area contributed by atoms with Crippen LogP contribution in [-0.4, -0.2) is 9.97 Å². The molecule has 50 heavy (non-hydrogen) atoms. The summed E-state index contributed by atoms with van der Waals surface area (Å²) in [5, 5.41) is 4.17. The lowest BCUT2D eigenvalue weighted by atomic mass is 9.94. The summed E-state index contributed by atoms with van der Waals surface area (Å²) in [5.41, 5.74) is 12.3. The Bertz CT molecular complexity index is 2860. The van der Waals surface area contributed by atoms with E-state index in [-0.39, 0.29) is 0 Å². The minimum absolute atomic E-state index is 0.622. The van der Waals surface area contributed by atoms with Gasteiger partial charge < -0.3 is 8.83 Å². The van der Waals surface area contributed by atoms with Gasteiger partial charge >= 0.3 is 0 Å². The summed E-state index contributed by atoms with van der Waals surface area (Å²) in [5.74, 6) is 0.622. The van der Waals surface area contributed by atoms with Crippen LogP contribution in [0.15, 0.2) is 179 Å². The van der Waals surface area contributed by atoms with Crippen LogP contribution in [0.3, 0.4) is 0 Å². The highest BCUT2D eigenvalue weighted by molar-refractivity contribution is 6.12. The van der Waals surface area contributed by atoms with Crippen molar-refractivity contribution in [1.29, 1.82) is 0 Å². The van der Waals surface area contributed by atoms with E-state index in [1.807, 2.05) is 54.6 Å². The minimum Gasteiger partial charge on any atom is -0.456 e. The molecule has 0 saturated heterocycles. The van der Waals surface area contributed by atoms with E-state index < -0.39 is 0 Å². The lowest BCUT2D eigenvalue weighted by Crippen LogP contribution is -1.97. The number of hydrogen-bond donors (Lipinski definition) is 0. The van der Waals surface area contributed by atoms with E-state index >= 15 is 0 Å². The third kappa shape index (κ3) is 4.61. The van der Waals surface area contributed by atoms with Gasteiger partial charge in [-0.25, -0.2) is 9.97 Å². The van der Waals surface area contributed by atoms with Crippen LogP contribution in [0.25, 0.3) is 100 Å². The summed E-state index contributed by atoms with van der Waals surface area (Å²) < 4.78 is 12.8. The second-order valence-electron chi connectivity index (χ2n) is 12.5. The summed E-state index contributed by atoms with van der Waals surface area (Å²) in [7, 11) is 0. The lowest BCUT2D eigenvalue weighted by Gasteiger charge is -2.14. The van der Waals surface area contributed by atoms with Crippen molar-refractivity contribution in [2.75, 3.05) is 0 Å². The van der Waals surface area contributed by atoms with Crippen LogP contribution < -0.4 is 0 Å². The number of para-hydroxylation sites is 3. The van der Waals surface area contributed by atoms with Gasteiger partial charge in [0.05, 0.1) is 11.4 Å². The molecule has 0 N–H and O–H groups in total. The molecule has 10 aromatic rings. The van der Waals surface area contributed by atoms with Crippen LogP contribution in [-0.2, 0) is 0 Å². The van der Waals surface area contributed by atoms with Gasteiger partial charge in [-0.1, -0.05) is 140 Å². The van der Waals surface area contributed by atoms with Crippen molar-refractivity contribution < 1.29 is 8.83 Å². The molecule has 4 nitrogen and oxygen atoms in total. The first-order valence-corrected chi connectivity index (χ1v) is 16.7. The zero-order valence-electron chi connectivity index (χ0n) is 26.9. The van der Waals surface area contributed by atoms with Crippen LogP contribution in [0, 0.1) is 0 Å². The third-order valence-electron chi connectivity index (χ3n) is 9.56. The highest BCUT2D eigenvalue weighted by Crippen LogP contribution is 2.41. The molecule has 0 unspecified atom stereocenters. The molecule has 10 rings (SSSR count). The maximum absolute atomic E-state index is 6.51. The predicted molar refractivity (Wildman–Crippen MR) is 204 cm³/mol. The van der Waals surface area contributed by atoms with Gasteiger partial charge in [-0.3, -0.25) is 0 Å². The number of nitrogens with zero attached hydrogens (tertiary/aromatic N) is 2. The molecular weight excluding hydrogens is 613 g/mol. The topological polar surface area (TPSA) is 52.1 Å². The van der Waals surface area contributed by atoms with Gasteiger partial charge in [0.1, 0.15) is 22.3 Å². The van der Waals surface area contributed by atoms with Gasteiger partial charge in [-0.15, -0.1) is 0 Å². The highest BCUT2D eigenvalue weighted by atomic mass is 16.3. The Kier molecular flexibility index (Phi) is 6.46. The van der Waals surface area contributed by atoms with Gasteiger partial charge in [-0.05, 0) is 52.6 Å². The predicted octanol–water partition coefficient (Wildman–Crippen LogP) is 12.6. The van der Waals surface area contributed by atoms with Crippen molar-refractivity contribution in [3.63, 3.8) is 0 Å². The Labute approximate surface area is 287 Å². The fourth-order valence-electron chi connectivity index (χ4n) is 7.18. The Balaban J connectivity index is 1.21. The first-order chi connectivity index (χ1) is 24.8. The lowest BCUT2D eigenvalue weighted by molar-refractivity contribution is 0.668. The van der Waals surface area contributed by atoms with Gasteiger partial charge in [-0.2, -0.15) is 0 Å². The first-order valence-electron chi connectivity index (χ1n) is 16.7. The van der Waals surface area contributed by atoms with E-state index in [2.05, 4.69) is 115 Å². The summed E-state index contributed by atoms with van der Waals surface area (Å²) in [6, 6.07) is 58.5. The van der Waals surface area contributed by atoms with E-state index in [0.29, 0.717) is 5.82 Å². The zero-order chi connectivity index (χ0) is 33.0. The van der Waals surface area contributed by atoms with Crippen LogP contribution >= 0.6 is 0 Å². The Morgan fingerprint density at radius 1 is 0.340 bits per heavy atom. The molecule has 3 aromatic heterocycles. The van der Waals surface area contributed by atoms with Crippen molar-refractivity contribution in [1.82, 2.24) is 9.97 Å². The van der Waals surface area contributed by atoms with Gasteiger partial charge in [0, 0.05) is 38.2 Å². The second-order valence-corrected chi connectivity index (χ2v) is 12.5. The van der Waals surface area contributed by atoms with Crippen molar-refractivity contribution in [3.8, 4) is 56.2 Å². The molecule has 234 valence electrons. The normalized spacial score (nSPS) is 11.6. The zero-order valence-corrected chi connectivity index (χ0v) is 26.9. The molecule has 0 amide bonds. The molecule has 0 aliphatic rings. The molecule has 7 aromatic carbocycles. The van der Waals surface area contributed by atoms with Crippen molar-refractivity contribution >= 4 is 43.9 Å². The molecular formula is C46H28N2O2. The van der Waals surface area contributed by atoms with E-state index in [1.165, 1.54) is 11.1 Å². The SMILES string of the molecule is c1ccc(-c2ccc(-c3ccccc3-c3cc(-c4cccc5c4oc4ccccc45)nc(-c4cccc5oc6ccccc6c45)n3)cc2)cc1. The molecule has 0 aliphatic heterocycles. The number of aromatic nitrogens is 2. The van der Waals surface area contributed by atoms with E-state index in [0.717, 1.165) is 83.1 Å². The maximum Gasteiger partial charge on any atom is 0.161 e. The number of fused-ring (bicyclic) bond motifs is 6. The van der Waals surface area contributed by atoms with E-state index in [4.69, 9.17) is 18.8 Å². The van der Waals surface area contributed by atoms with Crippen LogP contribution in [0.4, 0.5) is 0 Å². The van der Waals surface area contributed by atoms with E-state index in [9.17, 15) is 0 Å².